The van der Waals surface area contributed by atoms with Gasteiger partial charge in [0.2, 0.25) is 0 Å². The van der Waals surface area contributed by atoms with Gasteiger partial charge in [-0.2, -0.15) is 0 Å². The van der Waals surface area contributed by atoms with E-state index >= 15 is 0 Å². The van der Waals surface area contributed by atoms with Gasteiger partial charge >= 0.3 is 0 Å². The molecule has 0 atom stereocenters. The van der Waals surface area contributed by atoms with Crippen LogP contribution in [0.3, 0.4) is 0 Å². The molecule has 0 fully saturated rings. The Morgan fingerprint density at radius 3 is 2.38 bits per heavy atom. The summed E-state index contributed by atoms with van der Waals surface area (Å²) in [5.41, 5.74) is 1.87. The van der Waals surface area contributed by atoms with E-state index in [1.165, 1.54) is 11.9 Å². The average Bonchev–Trinajstić information content (AvgIpc) is 2.68. The minimum Gasteiger partial charge on any atom is -0.495 e. The van der Waals surface area contributed by atoms with Crippen LogP contribution in [0.4, 0.5) is 17.3 Å². The van der Waals surface area contributed by atoms with E-state index < -0.39 is 0 Å². The fourth-order valence-corrected chi connectivity index (χ4v) is 2.64. The number of hydrogen-bond acceptors (Lipinski definition) is 6. The number of ether oxygens (including phenoxy) is 2. The van der Waals surface area contributed by atoms with Crippen LogP contribution in [0, 0.1) is 0 Å². The van der Waals surface area contributed by atoms with Crippen molar-refractivity contribution in [3.05, 3.63) is 65.4 Å². The van der Waals surface area contributed by atoms with Crippen molar-refractivity contribution in [2.24, 2.45) is 0 Å². The van der Waals surface area contributed by atoms with E-state index in [1.807, 2.05) is 24.3 Å². The largest absolute Gasteiger partial charge is 0.495 e. The van der Waals surface area contributed by atoms with Crippen molar-refractivity contribution in [1.82, 2.24) is 9.97 Å². The first-order chi connectivity index (χ1) is 12.7. The van der Waals surface area contributed by atoms with Crippen LogP contribution in [-0.4, -0.2) is 24.2 Å². The van der Waals surface area contributed by atoms with Crippen molar-refractivity contribution < 1.29 is 9.47 Å². The third-order valence-electron chi connectivity index (χ3n) is 3.72. The van der Waals surface area contributed by atoms with Crippen molar-refractivity contribution in [3.63, 3.8) is 0 Å². The molecule has 0 saturated heterocycles. The third-order valence-corrected chi connectivity index (χ3v) is 4.02. The lowest BCUT2D eigenvalue weighted by Crippen LogP contribution is -2.03. The van der Waals surface area contributed by atoms with Gasteiger partial charge in [-0.05, 0) is 5.56 Å². The molecule has 1 aromatic heterocycles. The van der Waals surface area contributed by atoms with Gasteiger partial charge in [0.05, 0.1) is 24.9 Å². The standard InChI is InChI=1S/C19H19ClN4O2/c1-25-16-9-15(17(26-2)8-14(16)20)24-19-10-18(22-12-23-19)21-11-13-6-4-3-5-7-13/h3-10,12H,11H2,1-2H3,(H2,21,22,23,24). The zero-order valence-corrected chi connectivity index (χ0v) is 15.2. The summed E-state index contributed by atoms with van der Waals surface area (Å²) in [5.74, 6) is 2.48. The second-order valence-corrected chi connectivity index (χ2v) is 5.85. The van der Waals surface area contributed by atoms with Gasteiger partial charge in [0.15, 0.2) is 0 Å². The lowest BCUT2D eigenvalue weighted by atomic mass is 10.2. The Balaban J connectivity index is 1.76. The number of methoxy groups -OCH3 is 2. The molecule has 0 saturated carbocycles. The minimum atomic E-state index is 0.475. The lowest BCUT2D eigenvalue weighted by Gasteiger charge is -2.14. The Hall–Kier alpha value is -2.99. The van der Waals surface area contributed by atoms with E-state index in [2.05, 4.69) is 32.7 Å². The van der Waals surface area contributed by atoms with Crippen LogP contribution in [-0.2, 0) is 6.54 Å². The molecule has 26 heavy (non-hydrogen) atoms. The number of aromatic nitrogens is 2. The first-order valence-electron chi connectivity index (χ1n) is 7.98. The Morgan fingerprint density at radius 2 is 1.65 bits per heavy atom. The molecule has 3 rings (SSSR count). The summed E-state index contributed by atoms with van der Waals surface area (Å²) in [4.78, 5) is 8.50. The van der Waals surface area contributed by atoms with Gasteiger partial charge in [-0.1, -0.05) is 41.9 Å². The summed E-state index contributed by atoms with van der Waals surface area (Å²) in [6.45, 7) is 0.676. The highest BCUT2D eigenvalue weighted by Gasteiger charge is 2.11. The predicted molar refractivity (Wildman–Crippen MR) is 104 cm³/mol. The van der Waals surface area contributed by atoms with E-state index in [0.717, 1.165) is 0 Å². The van der Waals surface area contributed by atoms with Crippen LogP contribution in [0.5, 0.6) is 11.5 Å². The molecule has 0 bridgehead atoms. The summed E-state index contributed by atoms with van der Waals surface area (Å²) in [5, 5.41) is 6.96. The quantitative estimate of drug-likeness (QED) is 0.638. The number of halogens is 1. The number of nitrogens with zero attached hydrogens (tertiary/aromatic N) is 2. The molecule has 1 heterocycles. The van der Waals surface area contributed by atoms with Gasteiger partial charge in [-0.3, -0.25) is 0 Å². The van der Waals surface area contributed by atoms with Crippen LogP contribution < -0.4 is 20.1 Å². The molecule has 0 aliphatic heterocycles. The van der Waals surface area contributed by atoms with Crippen molar-refractivity contribution in [2.75, 3.05) is 24.9 Å². The van der Waals surface area contributed by atoms with E-state index in [0.29, 0.717) is 40.4 Å². The number of hydrogen-bond donors (Lipinski definition) is 2. The number of nitrogens with one attached hydrogen (secondary N) is 2. The van der Waals surface area contributed by atoms with E-state index in [1.54, 1.807) is 26.4 Å². The minimum absolute atomic E-state index is 0.475. The summed E-state index contributed by atoms with van der Waals surface area (Å²) < 4.78 is 10.6. The Bertz CT molecular complexity index is 875. The summed E-state index contributed by atoms with van der Waals surface area (Å²) in [6.07, 6.45) is 1.50. The van der Waals surface area contributed by atoms with E-state index in [4.69, 9.17) is 21.1 Å². The average molecular weight is 371 g/mol. The smallest absolute Gasteiger partial charge is 0.144 e. The SMILES string of the molecule is COc1cc(Nc2cc(NCc3ccccc3)ncn2)c(OC)cc1Cl. The highest BCUT2D eigenvalue weighted by molar-refractivity contribution is 6.32. The molecule has 134 valence electrons. The molecule has 3 aromatic rings. The van der Waals surface area contributed by atoms with Gasteiger partial charge in [0.1, 0.15) is 29.5 Å². The Morgan fingerprint density at radius 1 is 0.923 bits per heavy atom. The van der Waals surface area contributed by atoms with Crippen molar-refractivity contribution in [3.8, 4) is 11.5 Å². The second kappa shape index (κ2) is 8.40. The van der Waals surface area contributed by atoms with Gasteiger partial charge < -0.3 is 20.1 Å². The maximum atomic E-state index is 6.14. The van der Waals surface area contributed by atoms with Gasteiger partial charge in [0, 0.05) is 24.7 Å². The molecule has 0 radical (unpaired) electrons. The fourth-order valence-electron chi connectivity index (χ4n) is 2.41. The molecule has 6 nitrogen and oxygen atoms in total. The number of anilines is 3. The van der Waals surface area contributed by atoms with Crippen LogP contribution >= 0.6 is 11.6 Å². The first kappa shape index (κ1) is 17.8. The van der Waals surface area contributed by atoms with Crippen LogP contribution in [0.1, 0.15) is 5.56 Å². The number of rotatable bonds is 7. The third kappa shape index (κ3) is 4.34. The number of benzene rings is 2. The van der Waals surface area contributed by atoms with Crippen LogP contribution in [0.15, 0.2) is 54.9 Å². The van der Waals surface area contributed by atoms with Crippen LogP contribution in [0.25, 0.3) is 0 Å². The normalized spacial score (nSPS) is 10.3. The molecule has 0 aliphatic rings. The van der Waals surface area contributed by atoms with E-state index in [-0.39, 0.29) is 0 Å². The summed E-state index contributed by atoms with van der Waals surface area (Å²) in [7, 11) is 3.14. The molecular formula is C19H19ClN4O2. The van der Waals surface area contributed by atoms with Crippen molar-refractivity contribution in [2.45, 2.75) is 6.54 Å². The highest BCUT2D eigenvalue weighted by Crippen LogP contribution is 2.37. The van der Waals surface area contributed by atoms with Gasteiger partial charge in [-0.25, -0.2) is 9.97 Å². The van der Waals surface area contributed by atoms with Crippen molar-refractivity contribution in [1.29, 1.82) is 0 Å². The Labute approximate surface area is 157 Å². The predicted octanol–water partition coefficient (Wildman–Crippen LogP) is 4.50. The van der Waals surface area contributed by atoms with Gasteiger partial charge in [0.25, 0.3) is 0 Å². The molecule has 2 aromatic carbocycles. The molecule has 0 aliphatic carbocycles. The maximum Gasteiger partial charge on any atom is 0.144 e. The molecule has 0 unspecified atom stereocenters. The maximum absolute atomic E-state index is 6.14. The zero-order chi connectivity index (χ0) is 18.4. The summed E-state index contributed by atoms with van der Waals surface area (Å²) in [6, 6.07) is 15.4. The molecule has 0 amide bonds. The summed E-state index contributed by atoms with van der Waals surface area (Å²) >= 11 is 6.14. The molecular weight excluding hydrogens is 352 g/mol. The monoisotopic (exact) mass is 370 g/mol. The fraction of sp³-hybridized carbons (Fsp3) is 0.158. The highest BCUT2D eigenvalue weighted by atomic mass is 35.5. The van der Waals surface area contributed by atoms with E-state index in [9.17, 15) is 0 Å². The molecule has 2 N–H and O–H groups in total. The first-order valence-corrected chi connectivity index (χ1v) is 8.36. The van der Waals surface area contributed by atoms with Gasteiger partial charge in [-0.15, -0.1) is 0 Å². The zero-order valence-electron chi connectivity index (χ0n) is 14.5. The second-order valence-electron chi connectivity index (χ2n) is 5.44. The molecule has 0 spiro atoms. The molecule has 7 heteroatoms. The lowest BCUT2D eigenvalue weighted by molar-refractivity contribution is 0.405. The van der Waals surface area contributed by atoms with Crippen molar-refractivity contribution >= 4 is 28.9 Å². The topological polar surface area (TPSA) is 68.3 Å². The van der Waals surface area contributed by atoms with Crippen LogP contribution in [0.2, 0.25) is 5.02 Å². The Kier molecular flexibility index (Phi) is 5.76.